The highest BCUT2D eigenvalue weighted by molar-refractivity contribution is 7.90. The van der Waals surface area contributed by atoms with Crippen molar-refractivity contribution < 1.29 is 18.3 Å². The number of hydrogen-bond acceptors (Lipinski definition) is 3. The van der Waals surface area contributed by atoms with E-state index in [1.807, 2.05) is 0 Å². The summed E-state index contributed by atoms with van der Waals surface area (Å²) < 4.78 is 22.0. The third kappa shape index (κ3) is 4.66. The fraction of sp³-hybridized carbons (Fsp3) is 0.417. The van der Waals surface area contributed by atoms with E-state index in [1.54, 1.807) is 24.3 Å². The quantitative estimate of drug-likeness (QED) is 0.873. The standard InChI is InChI=1S/C12H15ClO4S/c1-18(16,17)8-4-6-10(12(14)15)9-5-2-3-7-11(9)13/h2-3,5,7,10H,4,6,8H2,1H3,(H,14,15). The molecular formula is C12H15ClO4S. The second-order valence-electron chi connectivity index (χ2n) is 4.18. The molecule has 0 heterocycles. The summed E-state index contributed by atoms with van der Waals surface area (Å²) >= 11 is 5.95. The number of halogens is 1. The number of sulfone groups is 1. The third-order valence-corrected chi connectivity index (χ3v) is 3.96. The van der Waals surface area contributed by atoms with Crippen LogP contribution in [0.25, 0.3) is 0 Å². The minimum atomic E-state index is -3.06. The molecule has 100 valence electrons. The van der Waals surface area contributed by atoms with Crippen LogP contribution in [-0.4, -0.2) is 31.5 Å². The summed E-state index contributed by atoms with van der Waals surface area (Å²) in [5, 5.41) is 9.57. The van der Waals surface area contributed by atoms with Gasteiger partial charge in [-0.05, 0) is 24.5 Å². The third-order valence-electron chi connectivity index (χ3n) is 2.59. The van der Waals surface area contributed by atoms with Gasteiger partial charge in [0.25, 0.3) is 0 Å². The van der Waals surface area contributed by atoms with E-state index in [2.05, 4.69) is 0 Å². The summed E-state index contributed by atoms with van der Waals surface area (Å²) in [5.74, 6) is -1.77. The first-order valence-electron chi connectivity index (χ1n) is 5.46. The lowest BCUT2D eigenvalue weighted by Gasteiger charge is -2.13. The first-order chi connectivity index (χ1) is 8.31. The van der Waals surface area contributed by atoms with Gasteiger partial charge in [0.05, 0.1) is 5.92 Å². The second-order valence-corrected chi connectivity index (χ2v) is 6.85. The van der Waals surface area contributed by atoms with Gasteiger partial charge in [0, 0.05) is 17.0 Å². The number of hydrogen-bond donors (Lipinski definition) is 1. The summed E-state index contributed by atoms with van der Waals surface area (Å²) in [6.07, 6.45) is 1.70. The fourth-order valence-corrected chi connectivity index (χ4v) is 2.68. The Morgan fingerprint density at radius 3 is 2.50 bits per heavy atom. The van der Waals surface area contributed by atoms with Crippen molar-refractivity contribution in [2.75, 3.05) is 12.0 Å². The molecule has 1 unspecified atom stereocenters. The van der Waals surface area contributed by atoms with Crippen molar-refractivity contribution in [3.8, 4) is 0 Å². The Kier molecular flexibility index (Phi) is 5.16. The number of aliphatic carboxylic acids is 1. The maximum absolute atomic E-state index is 11.2. The molecule has 1 rings (SSSR count). The normalized spacial score (nSPS) is 13.2. The van der Waals surface area contributed by atoms with Gasteiger partial charge in [0.2, 0.25) is 0 Å². The van der Waals surface area contributed by atoms with Gasteiger partial charge in [0.15, 0.2) is 0 Å². The van der Waals surface area contributed by atoms with Crippen LogP contribution in [0, 0.1) is 0 Å². The van der Waals surface area contributed by atoms with Crippen LogP contribution >= 0.6 is 11.6 Å². The number of carbonyl (C=O) groups is 1. The molecule has 0 aliphatic rings. The molecule has 1 atom stereocenters. The van der Waals surface area contributed by atoms with Gasteiger partial charge in [0.1, 0.15) is 9.84 Å². The smallest absolute Gasteiger partial charge is 0.311 e. The van der Waals surface area contributed by atoms with Crippen molar-refractivity contribution >= 4 is 27.4 Å². The molecule has 0 amide bonds. The van der Waals surface area contributed by atoms with Gasteiger partial charge in [-0.25, -0.2) is 8.42 Å². The van der Waals surface area contributed by atoms with Gasteiger partial charge in [-0.15, -0.1) is 0 Å². The average molecular weight is 291 g/mol. The Balaban J connectivity index is 2.79. The molecule has 1 N–H and O–H groups in total. The molecule has 0 radical (unpaired) electrons. The van der Waals surface area contributed by atoms with E-state index in [-0.39, 0.29) is 12.2 Å². The molecule has 1 aromatic rings. The topological polar surface area (TPSA) is 71.4 Å². The van der Waals surface area contributed by atoms with Crippen LogP contribution in [-0.2, 0) is 14.6 Å². The zero-order chi connectivity index (χ0) is 13.8. The lowest BCUT2D eigenvalue weighted by molar-refractivity contribution is -0.139. The van der Waals surface area contributed by atoms with E-state index in [9.17, 15) is 18.3 Å². The molecule has 0 saturated heterocycles. The molecule has 6 heteroatoms. The minimum Gasteiger partial charge on any atom is -0.481 e. The van der Waals surface area contributed by atoms with Crippen molar-refractivity contribution in [3.63, 3.8) is 0 Å². The molecule has 18 heavy (non-hydrogen) atoms. The first kappa shape index (κ1) is 15.0. The summed E-state index contributed by atoms with van der Waals surface area (Å²) in [5.41, 5.74) is 0.528. The lowest BCUT2D eigenvalue weighted by Crippen LogP contribution is -2.14. The Bertz CT molecular complexity index is 525. The first-order valence-corrected chi connectivity index (χ1v) is 7.90. The SMILES string of the molecule is CS(=O)(=O)CCCC(C(=O)O)c1ccccc1Cl. The van der Waals surface area contributed by atoms with E-state index in [0.29, 0.717) is 17.0 Å². The molecule has 0 aromatic heterocycles. The van der Waals surface area contributed by atoms with Crippen LogP contribution in [0.5, 0.6) is 0 Å². The van der Waals surface area contributed by atoms with E-state index in [0.717, 1.165) is 6.26 Å². The van der Waals surface area contributed by atoms with Gasteiger partial charge >= 0.3 is 5.97 Å². The summed E-state index contributed by atoms with van der Waals surface area (Å²) in [6.45, 7) is 0. The van der Waals surface area contributed by atoms with Crippen molar-refractivity contribution in [2.24, 2.45) is 0 Å². The van der Waals surface area contributed by atoms with E-state index >= 15 is 0 Å². The molecule has 0 aliphatic heterocycles. The van der Waals surface area contributed by atoms with Gasteiger partial charge in [-0.3, -0.25) is 4.79 Å². The molecule has 0 saturated carbocycles. The predicted octanol–water partition coefficient (Wildman–Crippen LogP) is 2.33. The number of rotatable bonds is 6. The maximum atomic E-state index is 11.2. The van der Waals surface area contributed by atoms with Crippen LogP contribution < -0.4 is 0 Å². The number of carboxylic acids is 1. The molecule has 0 spiro atoms. The Morgan fingerprint density at radius 1 is 1.39 bits per heavy atom. The van der Waals surface area contributed by atoms with Gasteiger partial charge in [-0.1, -0.05) is 29.8 Å². The number of benzene rings is 1. The van der Waals surface area contributed by atoms with Crippen LogP contribution in [0.15, 0.2) is 24.3 Å². The van der Waals surface area contributed by atoms with E-state index in [1.165, 1.54) is 0 Å². The highest BCUT2D eigenvalue weighted by Gasteiger charge is 2.22. The van der Waals surface area contributed by atoms with Crippen molar-refractivity contribution in [1.29, 1.82) is 0 Å². The van der Waals surface area contributed by atoms with Crippen LogP contribution in [0.2, 0.25) is 5.02 Å². The van der Waals surface area contributed by atoms with E-state index in [4.69, 9.17) is 11.6 Å². The molecular weight excluding hydrogens is 276 g/mol. The monoisotopic (exact) mass is 290 g/mol. The predicted molar refractivity (Wildman–Crippen MR) is 70.8 cm³/mol. The van der Waals surface area contributed by atoms with Crippen LogP contribution in [0.3, 0.4) is 0 Å². The Labute approximate surface area is 112 Å². The highest BCUT2D eigenvalue weighted by Crippen LogP contribution is 2.28. The van der Waals surface area contributed by atoms with Gasteiger partial charge in [-0.2, -0.15) is 0 Å². The molecule has 4 nitrogen and oxygen atoms in total. The largest absolute Gasteiger partial charge is 0.481 e. The minimum absolute atomic E-state index is 0.0127. The molecule has 0 bridgehead atoms. The summed E-state index contributed by atoms with van der Waals surface area (Å²) in [4.78, 5) is 11.2. The Morgan fingerprint density at radius 2 is 2.00 bits per heavy atom. The zero-order valence-corrected chi connectivity index (χ0v) is 11.5. The molecule has 1 aromatic carbocycles. The summed E-state index contributed by atoms with van der Waals surface area (Å²) in [7, 11) is -3.06. The lowest BCUT2D eigenvalue weighted by atomic mass is 9.95. The van der Waals surface area contributed by atoms with Crippen molar-refractivity contribution in [2.45, 2.75) is 18.8 Å². The second kappa shape index (κ2) is 6.20. The van der Waals surface area contributed by atoms with Gasteiger partial charge < -0.3 is 5.11 Å². The fourth-order valence-electron chi connectivity index (χ4n) is 1.72. The van der Waals surface area contributed by atoms with Crippen molar-refractivity contribution in [1.82, 2.24) is 0 Å². The maximum Gasteiger partial charge on any atom is 0.311 e. The molecule has 0 aliphatic carbocycles. The highest BCUT2D eigenvalue weighted by atomic mass is 35.5. The molecule has 0 fully saturated rings. The van der Waals surface area contributed by atoms with Crippen LogP contribution in [0.1, 0.15) is 24.3 Å². The van der Waals surface area contributed by atoms with Crippen LogP contribution in [0.4, 0.5) is 0 Å². The zero-order valence-electron chi connectivity index (χ0n) is 9.97. The number of carboxylic acid groups (broad SMARTS) is 1. The summed E-state index contributed by atoms with van der Waals surface area (Å²) in [6, 6.07) is 6.72. The Hall–Kier alpha value is -1.07. The average Bonchev–Trinajstić information content (AvgIpc) is 2.24. The van der Waals surface area contributed by atoms with E-state index < -0.39 is 21.7 Å². The van der Waals surface area contributed by atoms with Crippen molar-refractivity contribution in [3.05, 3.63) is 34.9 Å².